The van der Waals surface area contributed by atoms with Crippen LogP contribution < -0.4 is 0 Å². The Labute approximate surface area is 155 Å². The molecule has 140 valence electrons. The van der Waals surface area contributed by atoms with Gasteiger partial charge in [0.1, 0.15) is 6.67 Å². The summed E-state index contributed by atoms with van der Waals surface area (Å²) in [4.78, 5) is 21.1. The topological polar surface area (TPSA) is 117 Å². The van der Waals surface area contributed by atoms with Gasteiger partial charge in [0.25, 0.3) is 11.4 Å². The SMILES string of the molecule is CN(CN(C)N=Cc1ccccc1[N+](=O)[O-])N=Cc1ccccc1[N+](=O)[O-]. The fraction of sp³-hybridized carbons (Fsp3) is 0.176. The Morgan fingerprint density at radius 1 is 0.815 bits per heavy atom. The average molecular weight is 370 g/mol. The van der Waals surface area contributed by atoms with Gasteiger partial charge in [0.05, 0.1) is 33.4 Å². The first-order valence-corrected chi connectivity index (χ1v) is 7.85. The van der Waals surface area contributed by atoms with Gasteiger partial charge < -0.3 is 0 Å². The monoisotopic (exact) mass is 370 g/mol. The molecule has 0 bridgehead atoms. The van der Waals surface area contributed by atoms with E-state index in [4.69, 9.17) is 0 Å². The van der Waals surface area contributed by atoms with Crippen molar-refractivity contribution in [2.45, 2.75) is 0 Å². The molecule has 2 aromatic rings. The highest BCUT2D eigenvalue weighted by atomic mass is 16.6. The molecule has 0 amide bonds. The van der Waals surface area contributed by atoms with Gasteiger partial charge in [-0.05, 0) is 12.1 Å². The van der Waals surface area contributed by atoms with E-state index in [0.29, 0.717) is 11.1 Å². The molecule has 0 fully saturated rings. The summed E-state index contributed by atoms with van der Waals surface area (Å²) < 4.78 is 0. The number of nitro benzene ring substituents is 2. The van der Waals surface area contributed by atoms with E-state index >= 15 is 0 Å². The fourth-order valence-electron chi connectivity index (χ4n) is 2.22. The van der Waals surface area contributed by atoms with Crippen molar-refractivity contribution in [2.75, 3.05) is 20.8 Å². The zero-order valence-corrected chi connectivity index (χ0v) is 14.8. The minimum Gasteiger partial charge on any atom is -0.279 e. The van der Waals surface area contributed by atoms with Crippen molar-refractivity contribution in [2.24, 2.45) is 10.2 Å². The summed E-state index contributed by atoms with van der Waals surface area (Å²) in [5.41, 5.74) is 0.718. The summed E-state index contributed by atoms with van der Waals surface area (Å²) in [6.45, 7) is 0.272. The van der Waals surface area contributed by atoms with Gasteiger partial charge in [-0.3, -0.25) is 30.2 Å². The molecule has 10 nitrogen and oxygen atoms in total. The molecule has 2 aromatic carbocycles. The molecular formula is C17H18N6O4. The lowest BCUT2D eigenvalue weighted by molar-refractivity contribution is -0.385. The third-order valence-electron chi connectivity index (χ3n) is 3.46. The van der Waals surface area contributed by atoms with Crippen LogP contribution in [0.4, 0.5) is 11.4 Å². The van der Waals surface area contributed by atoms with Crippen LogP contribution in [-0.4, -0.2) is 53.1 Å². The second kappa shape index (κ2) is 9.04. The first-order chi connectivity index (χ1) is 12.9. The van der Waals surface area contributed by atoms with Gasteiger partial charge in [-0.1, -0.05) is 24.3 Å². The lowest BCUT2D eigenvalue weighted by atomic mass is 10.2. The number of nitrogens with zero attached hydrogens (tertiary/aromatic N) is 6. The van der Waals surface area contributed by atoms with Crippen LogP contribution in [-0.2, 0) is 0 Å². The molecule has 0 aromatic heterocycles. The number of hydrogen-bond donors (Lipinski definition) is 0. The van der Waals surface area contributed by atoms with E-state index in [2.05, 4.69) is 10.2 Å². The van der Waals surface area contributed by atoms with Crippen LogP contribution in [0.2, 0.25) is 0 Å². The molecule has 0 spiro atoms. The van der Waals surface area contributed by atoms with Crippen molar-refractivity contribution in [3.8, 4) is 0 Å². The minimum atomic E-state index is -0.468. The lowest BCUT2D eigenvalue weighted by Crippen LogP contribution is -2.26. The van der Waals surface area contributed by atoms with Crippen LogP contribution in [0.5, 0.6) is 0 Å². The molecule has 0 saturated carbocycles. The van der Waals surface area contributed by atoms with Gasteiger partial charge in [-0.25, -0.2) is 0 Å². The number of hydrogen-bond acceptors (Lipinski definition) is 8. The molecule has 0 atom stereocenters. The first kappa shape index (κ1) is 19.5. The third-order valence-corrected chi connectivity index (χ3v) is 3.46. The molecule has 0 unspecified atom stereocenters. The van der Waals surface area contributed by atoms with E-state index in [1.807, 2.05) is 0 Å². The normalized spacial score (nSPS) is 11.0. The largest absolute Gasteiger partial charge is 0.279 e. The smallest absolute Gasteiger partial charge is 0.278 e. The number of nitro groups is 2. The molecule has 0 aliphatic rings. The maximum atomic E-state index is 11.0. The minimum absolute atomic E-state index is 0.0302. The van der Waals surface area contributed by atoms with Gasteiger partial charge in [0, 0.05) is 26.2 Å². The van der Waals surface area contributed by atoms with E-state index in [-0.39, 0.29) is 18.0 Å². The second-order valence-electron chi connectivity index (χ2n) is 5.58. The Balaban J connectivity index is 2.01. The highest BCUT2D eigenvalue weighted by molar-refractivity contribution is 5.85. The predicted octanol–water partition coefficient (Wildman–Crippen LogP) is 2.69. The van der Waals surface area contributed by atoms with Crippen molar-refractivity contribution >= 4 is 23.8 Å². The molecule has 0 saturated heterocycles. The maximum absolute atomic E-state index is 11.0. The Kier molecular flexibility index (Phi) is 6.53. The molecule has 10 heteroatoms. The van der Waals surface area contributed by atoms with E-state index in [1.54, 1.807) is 50.5 Å². The van der Waals surface area contributed by atoms with E-state index in [0.717, 1.165) is 0 Å². The zero-order chi connectivity index (χ0) is 19.8. The molecular weight excluding hydrogens is 352 g/mol. The summed E-state index contributed by atoms with van der Waals surface area (Å²) in [5.74, 6) is 0. The second-order valence-corrected chi connectivity index (χ2v) is 5.58. The number of benzene rings is 2. The molecule has 2 rings (SSSR count). The quantitative estimate of drug-likeness (QED) is 0.305. The van der Waals surface area contributed by atoms with E-state index < -0.39 is 9.85 Å². The van der Waals surface area contributed by atoms with Crippen LogP contribution in [0.25, 0.3) is 0 Å². The highest BCUT2D eigenvalue weighted by Crippen LogP contribution is 2.16. The average Bonchev–Trinajstić information content (AvgIpc) is 2.65. The summed E-state index contributed by atoms with van der Waals surface area (Å²) >= 11 is 0. The zero-order valence-electron chi connectivity index (χ0n) is 14.8. The summed E-state index contributed by atoms with van der Waals surface area (Å²) in [6, 6.07) is 12.6. The maximum Gasteiger partial charge on any atom is 0.278 e. The van der Waals surface area contributed by atoms with Crippen LogP contribution in [0.15, 0.2) is 58.7 Å². The Morgan fingerprint density at radius 3 is 1.56 bits per heavy atom. The first-order valence-electron chi connectivity index (χ1n) is 7.85. The van der Waals surface area contributed by atoms with E-state index in [9.17, 15) is 20.2 Å². The Morgan fingerprint density at radius 2 is 1.19 bits per heavy atom. The van der Waals surface area contributed by atoms with Crippen molar-refractivity contribution in [3.63, 3.8) is 0 Å². The van der Waals surface area contributed by atoms with Crippen molar-refractivity contribution in [3.05, 3.63) is 79.9 Å². The molecule has 0 aliphatic heterocycles. The van der Waals surface area contributed by atoms with Gasteiger partial charge >= 0.3 is 0 Å². The highest BCUT2D eigenvalue weighted by Gasteiger charge is 2.11. The Bertz CT molecular complexity index is 812. The predicted molar refractivity (Wildman–Crippen MR) is 102 cm³/mol. The van der Waals surface area contributed by atoms with Crippen LogP contribution in [0.3, 0.4) is 0 Å². The number of hydrazone groups is 2. The molecule has 0 N–H and O–H groups in total. The van der Waals surface area contributed by atoms with E-state index in [1.165, 1.54) is 34.6 Å². The molecule has 0 aliphatic carbocycles. The summed E-state index contributed by atoms with van der Waals surface area (Å²) in [7, 11) is 3.37. The third kappa shape index (κ3) is 5.59. The number of para-hydroxylation sites is 2. The molecule has 0 radical (unpaired) electrons. The van der Waals surface area contributed by atoms with Gasteiger partial charge in [0.2, 0.25) is 0 Å². The molecule has 0 heterocycles. The van der Waals surface area contributed by atoms with Crippen LogP contribution >= 0.6 is 0 Å². The van der Waals surface area contributed by atoms with Gasteiger partial charge in [-0.15, -0.1) is 0 Å². The van der Waals surface area contributed by atoms with Crippen LogP contribution in [0, 0.1) is 20.2 Å². The van der Waals surface area contributed by atoms with Gasteiger partial charge in [-0.2, -0.15) is 10.2 Å². The van der Waals surface area contributed by atoms with Crippen molar-refractivity contribution in [1.29, 1.82) is 0 Å². The summed E-state index contributed by atoms with van der Waals surface area (Å²) in [5, 5.41) is 33.4. The van der Waals surface area contributed by atoms with Crippen molar-refractivity contribution in [1.82, 2.24) is 10.0 Å². The number of rotatable bonds is 8. The van der Waals surface area contributed by atoms with Crippen LogP contribution in [0.1, 0.15) is 11.1 Å². The molecule has 27 heavy (non-hydrogen) atoms. The fourth-order valence-corrected chi connectivity index (χ4v) is 2.22. The lowest BCUT2D eigenvalue weighted by Gasteiger charge is -2.19. The Hall–Kier alpha value is -3.82. The summed E-state index contributed by atoms with van der Waals surface area (Å²) in [6.07, 6.45) is 2.80. The van der Waals surface area contributed by atoms with Gasteiger partial charge in [0.15, 0.2) is 0 Å². The van der Waals surface area contributed by atoms with Crippen molar-refractivity contribution < 1.29 is 9.85 Å². The standard InChI is InChI=1S/C17H18N6O4/c1-20(18-11-14-7-3-5-9-16(14)22(24)25)13-21(2)19-12-15-8-4-6-10-17(15)23(26)27/h3-12H,13H2,1-2H3.